The number of pyridine rings is 1. The zero-order chi connectivity index (χ0) is 17.2. The highest BCUT2D eigenvalue weighted by Gasteiger charge is 2.19. The van der Waals surface area contributed by atoms with Gasteiger partial charge >= 0.3 is 0 Å². The van der Waals surface area contributed by atoms with Gasteiger partial charge in [0.1, 0.15) is 5.82 Å². The topological polar surface area (TPSA) is 50.1 Å². The zero-order valence-electron chi connectivity index (χ0n) is 14.6. The van der Waals surface area contributed by atoms with Crippen LogP contribution < -0.4 is 4.90 Å². The van der Waals surface area contributed by atoms with Gasteiger partial charge < -0.3 is 4.90 Å². The van der Waals surface area contributed by atoms with Crippen molar-refractivity contribution in [1.82, 2.24) is 24.9 Å². The van der Waals surface area contributed by atoms with Gasteiger partial charge in [0.25, 0.3) is 0 Å². The van der Waals surface area contributed by atoms with Crippen molar-refractivity contribution >= 4 is 5.82 Å². The van der Waals surface area contributed by atoms with Crippen LogP contribution in [0, 0.1) is 0 Å². The predicted molar refractivity (Wildman–Crippen MR) is 97.1 cm³/mol. The van der Waals surface area contributed by atoms with Crippen LogP contribution in [0.4, 0.5) is 5.82 Å². The zero-order valence-corrected chi connectivity index (χ0v) is 14.6. The standard InChI is InChI=1S/C19H22N6/c1-23(2)19-8-7-15(9-20-19)10-25-14-18(21-22-25)13-24-11-16-5-3-4-6-17(16)12-24/h3-9,14H,10-13H2,1-2H3. The highest BCUT2D eigenvalue weighted by Crippen LogP contribution is 2.23. The third-order valence-electron chi connectivity index (χ3n) is 4.49. The molecule has 0 spiro atoms. The van der Waals surface area contributed by atoms with Gasteiger partial charge in [0.2, 0.25) is 0 Å². The SMILES string of the molecule is CN(C)c1ccc(Cn2cc(CN3Cc4ccccc4C3)nn2)cn1. The largest absolute Gasteiger partial charge is 0.363 e. The normalized spacial score (nSPS) is 13.8. The molecule has 0 unspecified atom stereocenters. The lowest BCUT2D eigenvalue weighted by molar-refractivity contribution is 0.272. The number of hydrogen-bond acceptors (Lipinski definition) is 5. The van der Waals surface area contributed by atoms with Crippen molar-refractivity contribution in [1.29, 1.82) is 0 Å². The molecule has 0 N–H and O–H groups in total. The number of rotatable bonds is 5. The van der Waals surface area contributed by atoms with E-state index in [-0.39, 0.29) is 0 Å². The summed E-state index contributed by atoms with van der Waals surface area (Å²) in [5, 5.41) is 8.59. The van der Waals surface area contributed by atoms with Crippen LogP contribution in [-0.2, 0) is 26.2 Å². The highest BCUT2D eigenvalue weighted by atomic mass is 15.4. The maximum atomic E-state index is 4.44. The average molecular weight is 334 g/mol. The summed E-state index contributed by atoms with van der Waals surface area (Å²) in [5.74, 6) is 0.955. The van der Waals surface area contributed by atoms with E-state index in [9.17, 15) is 0 Å². The molecule has 0 saturated carbocycles. The minimum Gasteiger partial charge on any atom is -0.363 e. The third kappa shape index (κ3) is 3.53. The summed E-state index contributed by atoms with van der Waals surface area (Å²) in [7, 11) is 3.98. The smallest absolute Gasteiger partial charge is 0.127 e. The number of aromatic nitrogens is 4. The summed E-state index contributed by atoms with van der Waals surface area (Å²) in [6, 6.07) is 12.7. The summed E-state index contributed by atoms with van der Waals surface area (Å²) in [6.07, 6.45) is 3.93. The van der Waals surface area contributed by atoms with Crippen LogP contribution in [0.25, 0.3) is 0 Å². The fraction of sp³-hybridized carbons (Fsp3) is 0.316. The van der Waals surface area contributed by atoms with Gasteiger partial charge in [-0.2, -0.15) is 0 Å². The van der Waals surface area contributed by atoms with Crippen molar-refractivity contribution in [3.8, 4) is 0 Å². The Morgan fingerprint density at radius 2 is 1.76 bits per heavy atom. The van der Waals surface area contributed by atoms with Gasteiger partial charge in [0.15, 0.2) is 0 Å². The molecule has 6 heteroatoms. The lowest BCUT2D eigenvalue weighted by atomic mass is 10.1. The lowest BCUT2D eigenvalue weighted by Gasteiger charge is -2.12. The summed E-state index contributed by atoms with van der Waals surface area (Å²) < 4.78 is 1.88. The Bertz CT molecular complexity index is 827. The van der Waals surface area contributed by atoms with Crippen LogP contribution in [0.15, 0.2) is 48.8 Å². The fourth-order valence-electron chi connectivity index (χ4n) is 3.19. The molecule has 0 amide bonds. The van der Waals surface area contributed by atoms with Crippen LogP contribution >= 0.6 is 0 Å². The molecule has 3 heterocycles. The first-order valence-electron chi connectivity index (χ1n) is 8.48. The van der Waals surface area contributed by atoms with Gasteiger partial charge in [0, 0.05) is 39.9 Å². The van der Waals surface area contributed by atoms with Gasteiger partial charge in [-0.25, -0.2) is 9.67 Å². The van der Waals surface area contributed by atoms with Crippen molar-refractivity contribution in [2.45, 2.75) is 26.2 Å². The number of hydrogen-bond donors (Lipinski definition) is 0. The second-order valence-corrected chi connectivity index (χ2v) is 6.74. The minimum absolute atomic E-state index is 0.688. The summed E-state index contributed by atoms with van der Waals surface area (Å²) >= 11 is 0. The maximum absolute atomic E-state index is 4.44. The van der Waals surface area contributed by atoms with Crippen molar-refractivity contribution < 1.29 is 0 Å². The minimum atomic E-state index is 0.688. The Kier molecular flexibility index (Phi) is 4.19. The van der Waals surface area contributed by atoms with E-state index in [4.69, 9.17) is 0 Å². The fourth-order valence-corrected chi connectivity index (χ4v) is 3.19. The molecule has 0 fully saturated rings. The molecule has 0 radical (unpaired) electrons. The molecule has 1 aliphatic rings. The summed E-state index contributed by atoms with van der Waals surface area (Å²) in [4.78, 5) is 8.83. The molecule has 2 aromatic heterocycles. The monoisotopic (exact) mass is 334 g/mol. The van der Waals surface area contributed by atoms with E-state index < -0.39 is 0 Å². The van der Waals surface area contributed by atoms with Crippen LogP contribution in [-0.4, -0.2) is 39.0 Å². The predicted octanol–water partition coefficient (Wildman–Crippen LogP) is 2.30. The number of benzene rings is 1. The summed E-state index contributed by atoms with van der Waals surface area (Å²) in [6.45, 7) is 3.48. The molecule has 1 aromatic carbocycles. The summed E-state index contributed by atoms with van der Waals surface area (Å²) in [5.41, 5.74) is 4.96. The van der Waals surface area contributed by atoms with Gasteiger partial charge in [-0.1, -0.05) is 35.5 Å². The number of nitrogens with zero attached hydrogens (tertiary/aromatic N) is 6. The molecule has 4 rings (SSSR count). The average Bonchev–Trinajstić information content (AvgIpc) is 3.21. The quantitative estimate of drug-likeness (QED) is 0.717. The van der Waals surface area contributed by atoms with Crippen molar-refractivity contribution in [3.05, 3.63) is 71.2 Å². The molecule has 0 bridgehead atoms. The highest BCUT2D eigenvalue weighted by molar-refractivity contribution is 5.37. The molecule has 128 valence electrons. The molecule has 25 heavy (non-hydrogen) atoms. The van der Waals surface area contributed by atoms with Gasteiger partial charge in [0.05, 0.1) is 18.4 Å². The Hall–Kier alpha value is -2.73. The van der Waals surface area contributed by atoms with Crippen LogP contribution in [0.3, 0.4) is 0 Å². The van der Waals surface area contributed by atoms with E-state index in [0.717, 1.165) is 36.7 Å². The molecule has 0 atom stereocenters. The second-order valence-electron chi connectivity index (χ2n) is 6.74. The van der Waals surface area contributed by atoms with Crippen molar-refractivity contribution in [3.63, 3.8) is 0 Å². The first kappa shape index (κ1) is 15.8. The first-order chi connectivity index (χ1) is 12.2. The van der Waals surface area contributed by atoms with Gasteiger partial charge in [-0.15, -0.1) is 5.10 Å². The molecule has 3 aromatic rings. The van der Waals surface area contributed by atoms with E-state index in [1.807, 2.05) is 42.1 Å². The molecule has 0 saturated heterocycles. The third-order valence-corrected chi connectivity index (χ3v) is 4.49. The van der Waals surface area contributed by atoms with E-state index in [1.165, 1.54) is 11.1 Å². The number of fused-ring (bicyclic) bond motifs is 1. The van der Waals surface area contributed by atoms with E-state index in [1.54, 1.807) is 0 Å². The van der Waals surface area contributed by atoms with E-state index in [0.29, 0.717) is 6.54 Å². The van der Waals surface area contributed by atoms with Gasteiger partial charge in [-0.05, 0) is 22.8 Å². The molecule has 0 aliphatic carbocycles. The Labute approximate surface area is 147 Å². The first-order valence-corrected chi connectivity index (χ1v) is 8.48. The van der Waals surface area contributed by atoms with E-state index in [2.05, 4.69) is 50.5 Å². The van der Waals surface area contributed by atoms with Crippen LogP contribution in [0.1, 0.15) is 22.4 Å². The molecule has 1 aliphatic heterocycles. The molecular weight excluding hydrogens is 312 g/mol. The van der Waals surface area contributed by atoms with Crippen LogP contribution in [0.5, 0.6) is 0 Å². The number of anilines is 1. The van der Waals surface area contributed by atoms with Gasteiger partial charge in [-0.3, -0.25) is 4.90 Å². The van der Waals surface area contributed by atoms with Crippen LogP contribution in [0.2, 0.25) is 0 Å². The Balaban J connectivity index is 1.38. The maximum Gasteiger partial charge on any atom is 0.127 e. The molecular formula is C19H22N6. The lowest BCUT2D eigenvalue weighted by Crippen LogP contribution is -2.15. The second kappa shape index (κ2) is 6.64. The Morgan fingerprint density at radius 1 is 1.00 bits per heavy atom. The van der Waals surface area contributed by atoms with Crippen molar-refractivity contribution in [2.75, 3.05) is 19.0 Å². The Morgan fingerprint density at radius 3 is 2.40 bits per heavy atom. The van der Waals surface area contributed by atoms with E-state index >= 15 is 0 Å². The van der Waals surface area contributed by atoms with Crippen molar-refractivity contribution in [2.24, 2.45) is 0 Å². The molecule has 6 nitrogen and oxygen atoms in total.